The molecule has 2 atom stereocenters. The number of nitrogens with one attached hydrogen (secondary N) is 2. The molecule has 0 amide bonds. The summed E-state index contributed by atoms with van der Waals surface area (Å²) in [5.74, 6) is 1.22. The van der Waals surface area contributed by atoms with Gasteiger partial charge in [-0.3, -0.25) is 4.90 Å². The molecule has 0 radical (unpaired) electrons. The molecule has 29 heavy (non-hydrogen) atoms. The van der Waals surface area contributed by atoms with E-state index in [0.717, 1.165) is 39.1 Å². The van der Waals surface area contributed by atoms with Gasteiger partial charge in [-0.25, -0.2) is 9.97 Å². The average molecular weight is 415 g/mol. The molecule has 152 valence electrons. The van der Waals surface area contributed by atoms with E-state index in [2.05, 4.69) is 49.1 Å². The quantitative estimate of drug-likeness (QED) is 0.348. The highest BCUT2D eigenvalue weighted by Gasteiger charge is 2.29. The number of anilines is 1. The molecule has 1 aliphatic rings. The summed E-state index contributed by atoms with van der Waals surface area (Å²) in [7, 11) is 0. The molecule has 1 fully saturated rings. The number of imidazole rings is 1. The summed E-state index contributed by atoms with van der Waals surface area (Å²) in [4.78, 5) is 17.5. The number of nitrogens with zero attached hydrogens (tertiary/aromatic N) is 3. The fraction of sp³-hybridized carbons (Fsp3) is 0.300. The van der Waals surface area contributed by atoms with Crippen molar-refractivity contribution in [1.29, 1.82) is 0 Å². The lowest BCUT2D eigenvalue weighted by atomic mass is 10.1. The molecule has 1 aromatic carbocycles. The molecular formula is C20H23ClN6O2. The third-order valence-corrected chi connectivity index (χ3v) is 5.32. The number of likely N-dealkylation sites (tertiary alicyclic amines) is 1. The SMILES string of the molecule is Cc1nc2nc(N)cc(-c3cc4cc(CN5C[C@@H](O)[C@@H](O)C5)ccc4[nH]3)c2[nH]1.Cl. The minimum atomic E-state index is -0.667. The number of fused-ring (bicyclic) bond motifs is 2. The van der Waals surface area contributed by atoms with Crippen molar-refractivity contribution in [3.05, 3.63) is 41.7 Å². The van der Waals surface area contributed by atoms with Crippen molar-refractivity contribution in [3.63, 3.8) is 0 Å². The van der Waals surface area contributed by atoms with Crippen molar-refractivity contribution in [2.75, 3.05) is 18.8 Å². The molecule has 0 saturated carbocycles. The zero-order chi connectivity index (χ0) is 19.4. The molecule has 9 heteroatoms. The molecule has 0 spiro atoms. The van der Waals surface area contributed by atoms with Gasteiger partial charge in [0.2, 0.25) is 0 Å². The smallest absolute Gasteiger partial charge is 0.180 e. The van der Waals surface area contributed by atoms with Crippen LogP contribution in [0.15, 0.2) is 30.3 Å². The van der Waals surface area contributed by atoms with Crippen molar-refractivity contribution in [2.45, 2.75) is 25.7 Å². The second-order valence-corrected chi connectivity index (χ2v) is 7.55. The molecule has 0 bridgehead atoms. The molecule has 1 saturated heterocycles. The number of β-amino-alcohol motifs (C(OH)–C–C–N with tert-alkyl or cyclic N) is 2. The summed E-state index contributed by atoms with van der Waals surface area (Å²) in [6.45, 7) is 3.57. The lowest BCUT2D eigenvalue weighted by Gasteiger charge is -2.14. The predicted molar refractivity (Wildman–Crippen MR) is 115 cm³/mol. The number of hydrogen-bond acceptors (Lipinski definition) is 6. The monoisotopic (exact) mass is 414 g/mol. The van der Waals surface area contributed by atoms with Crippen LogP contribution in [-0.2, 0) is 6.54 Å². The number of aliphatic hydroxyl groups excluding tert-OH is 2. The highest BCUT2D eigenvalue weighted by Crippen LogP contribution is 2.31. The molecule has 0 unspecified atom stereocenters. The second-order valence-electron chi connectivity index (χ2n) is 7.55. The van der Waals surface area contributed by atoms with Crippen LogP contribution in [0, 0.1) is 6.92 Å². The first kappa shape index (κ1) is 19.7. The predicted octanol–water partition coefficient (Wildman–Crippen LogP) is 1.96. The summed E-state index contributed by atoms with van der Waals surface area (Å²) in [6.07, 6.45) is -1.33. The van der Waals surface area contributed by atoms with Crippen LogP contribution in [0.1, 0.15) is 11.4 Å². The van der Waals surface area contributed by atoms with Crippen molar-refractivity contribution in [2.24, 2.45) is 0 Å². The molecular weight excluding hydrogens is 392 g/mol. The second kappa shape index (κ2) is 7.31. The maximum Gasteiger partial charge on any atom is 0.180 e. The summed E-state index contributed by atoms with van der Waals surface area (Å²) >= 11 is 0. The van der Waals surface area contributed by atoms with Gasteiger partial charge in [0.25, 0.3) is 0 Å². The Labute approximate surface area is 173 Å². The number of rotatable bonds is 3. The highest BCUT2D eigenvalue weighted by atomic mass is 35.5. The third-order valence-electron chi connectivity index (χ3n) is 5.32. The fourth-order valence-electron chi connectivity index (χ4n) is 4.00. The minimum absolute atomic E-state index is 0. The Balaban J connectivity index is 0.00000205. The average Bonchev–Trinajstić information content (AvgIpc) is 3.30. The van der Waals surface area contributed by atoms with Crippen LogP contribution >= 0.6 is 12.4 Å². The van der Waals surface area contributed by atoms with E-state index in [-0.39, 0.29) is 12.4 Å². The van der Waals surface area contributed by atoms with Crippen LogP contribution in [0.25, 0.3) is 33.3 Å². The number of aromatic nitrogens is 4. The zero-order valence-electron chi connectivity index (χ0n) is 15.9. The van der Waals surface area contributed by atoms with E-state index in [1.54, 1.807) is 0 Å². The van der Waals surface area contributed by atoms with E-state index in [1.807, 2.05) is 13.0 Å². The zero-order valence-corrected chi connectivity index (χ0v) is 16.7. The molecule has 8 nitrogen and oxygen atoms in total. The number of aliphatic hydroxyl groups is 2. The number of benzene rings is 1. The van der Waals surface area contributed by atoms with Crippen LogP contribution < -0.4 is 5.73 Å². The number of pyridine rings is 1. The Morgan fingerprint density at radius 2 is 1.86 bits per heavy atom. The van der Waals surface area contributed by atoms with E-state index in [0.29, 0.717) is 31.1 Å². The number of hydrogen-bond donors (Lipinski definition) is 5. The van der Waals surface area contributed by atoms with E-state index in [4.69, 9.17) is 5.73 Å². The summed E-state index contributed by atoms with van der Waals surface area (Å²) < 4.78 is 0. The largest absolute Gasteiger partial charge is 0.389 e. The van der Waals surface area contributed by atoms with Crippen LogP contribution in [0.4, 0.5) is 5.82 Å². The Morgan fingerprint density at radius 1 is 1.10 bits per heavy atom. The highest BCUT2D eigenvalue weighted by molar-refractivity contribution is 5.95. The summed E-state index contributed by atoms with van der Waals surface area (Å²) in [6, 6.07) is 10.2. The Hall–Kier alpha value is -2.65. The normalized spacial score (nSPS) is 19.8. The molecule has 0 aliphatic carbocycles. The van der Waals surface area contributed by atoms with Crippen molar-refractivity contribution < 1.29 is 10.2 Å². The Kier molecular flexibility index (Phi) is 4.95. The molecule has 1 aliphatic heterocycles. The van der Waals surface area contributed by atoms with Crippen LogP contribution in [-0.4, -0.2) is 60.3 Å². The van der Waals surface area contributed by atoms with Gasteiger partial charge in [-0.05, 0) is 36.8 Å². The molecule has 6 N–H and O–H groups in total. The van der Waals surface area contributed by atoms with Gasteiger partial charge in [-0.2, -0.15) is 0 Å². The first-order valence-electron chi connectivity index (χ1n) is 9.29. The molecule has 4 heterocycles. The number of nitrogen functional groups attached to an aromatic ring is 1. The van der Waals surface area contributed by atoms with Gasteiger partial charge in [0.1, 0.15) is 11.6 Å². The Bertz CT molecular complexity index is 1180. The van der Waals surface area contributed by atoms with Gasteiger partial charge in [0.05, 0.1) is 17.7 Å². The van der Waals surface area contributed by atoms with E-state index >= 15 is 0 Å². The van der Waals surface area contributed by atoms with Crippen molar-refractivity contribution in [3.8, 4) is 11.3 Å². The summed E-state index contributed by atoms with van der Waals surface area (Å²) in [5, 5.41) is 20.6. The number of aryl methyl sites for hydroxylation is 1. The third kappa shape index (κ3) is 3.56. The van der Waals surface area contributed by atoms with Gasteiger partial charge in [0, 0.05) is 41.8 Å². The van der Waals surface area contributed by atoms with E-state index in [1.165, 1.54) is 0 Å². The van der Waals surface area contributed by atoms with Gasteiger partial charge >= 0.3 is 0 Å². The number of nitrogens with two attached hydrogens (primary N) is 1. The maximum atomic E-state index is 9.74. The van der Waals surface area contributed by atoms with Crippen LogP contribution in [0.2, 0.25) is 0 Å². The lowest BCUT2D eigenvalue weighted by Crippen LogP contribution is -2.22. The van der Waals surface area contributed by atoms with Gasteiger partial charge in [-0.15, -0.1) is 12.4 Å². The summed E-state index contributed by atoms with van der Waals surface area (Å²) in [5.41, 5.74) is 11.5. The molecule has 3 aromatic heterocycles. The van der Waals surface area contributed by atoms with E-state index in [9.17, 15) is 10.2 Å². The van der Waals surface area contributed by atoms with Crippen LogP contribution in [0.3, 0.4) is 0 Å². The lowest BCUT2D eigenvalue weighted by molar-refractivity contribution is 0.0572. The standard InChI is InChI=1S/C20H22N6O2.ClH/c1-10-22-19-13(6-18(21)25-20(19)23-10)15-5-12-4-11(2-3-14(12)24-15)7-26-8-16(27)17(28)9-26;/h2-6,16-17,24,27-28H,7-9H2,1H3,(H3,21,22,23,25);1H/t16-,17+;. The van der Waals surface area contributed by atoms with Gasteiger partial charge < -0.3 is 25.9 Å². The first-order chi connectivity index (χ1) is 13.5. The Morgan fingerprint density at radius 3 is 2.62 bits per heavy atom. The van der Waals surface area contributed by atoms with Crippen molar-refractivity contribution in [1.82, 2.24) is 24.8 Å². The van der Waals surface area contributed by atoms with Crippen molar-refractivity contribution >= 4 is 40.3 Å². The first-order valence-corrected chi connectivity index (χ1v) is 9.29. The molecule has 4 aromatic rings. The minimum Gasteiger partial charge on any atom is -0.389 e. The fourth-order valence-corrected chi connectivity index (χ4v) is 4.00. The molecule has 5 rings (SSSR count). The van der Waals surface area contributed by atoms with E-state index < -0.39 is 12.2 Å². The van der Waals surface area contributed by atoms with Gasteiger partial charge in [0.15, 0.2) is 5.65 Å². The number of aromatic amines is 2. The van der Waals surface area contributed by atoms with Crippen LogP contribution in [0.5, 0.6) is 0 Å². The topological polar surface area (TPSA) is 127 Å². The number of halogens is 1. The maximum absolute atomic E-state index is 9.74. The van der Waals surface area contributed by atoms with Gasteiger partial charge in [-0.1, -0.05) is 6.07 Å². The number of H-pyrrole nitrogens is 2.